The number of hydrogen-bond acceptors (Lipinski definition) is 5. The summed E-state index contributed by atoms with van der Waals surface area (Å²) in [6.07, 6.45) is 71.4. The average molecular weight is 957 g/mol. The zero-order valence-electron chi connectivity index (χ0n) is 45.6. The van der Waals surface area contributed by atoms with Gasteiger partial charge < -0.3 is 20.3 Å². The van der Waals surface area contributed by atoms with Crippen LogP contribution in [0.4, 0.5) is 0 Å². The Morgan fingerprint density at radius 3 is 1.15 bits per heavy atom. The highest BCUT2D eigenvalue weighted by atomic mass is 16.5. The summed E-state index contributed by atoms with van der Waals surface area (Å²) in [5, 5.41) is 23.3. The summed E-state index contributed by atoms with van der Waals surface area (Å²) in [6.45, 7) is 4.93. The molecule has 0 heterocycles. The SMILES string of the molecule is CCCCCC/C=C\C/C=C\CCCCCCCC(=O)OCCCCCCCCCCC/C=C\CCCCCCCCCC(=O)NC(CO)C(O)CCCCCCCCCCCCCCCCC. The third-order valence-corrected chi connectivity index (χ3v) is 13.9. The highest BCUT2D eigenvalue weighted by Crippen LogP contribution is 2.17. The van der Waals surface area contributed by atoms with Crippen LogP contribution < -0.4 is 5.32 Å². The number of amides is 1. The van der Waals surface area contributed by atoms with Gasteiger partial charge >= 0.3 is 5.97 Å². The van der Waals surface area contributed by atoms with Gasteiger partial charge in [-0.2, -0.15) is 0 Å². The highest BCUT2D eigenvalue weighted by molar-refractivity contribution is 5.76. The molecule has 0 bridgehead atoms. The quantitative estimate of drug-likeness (QED) is 0.0321. The average Bonchev–Trinajstić information content (AvgIpc) is 3.34. The first-order chi connectivity index (χ1) is 33.5. The van der Waals surface area contributed by atoms with Crippen molar-refractivity contribution in [3.63, 3.8) is 0 Å². The van der Waals surface area contributed by atoms with Gasteiger partial charge in [-0.1, -0.05) is 262 Å². The summed E-state index contributed by atoms with van der Waals surface area (Å²) in [7, 11) is 0. The summed E-state index contributed by atoms with van der Waals surface area (Å²) >= 11 is 0. The maximum atomic E-state index is 12.5. The number of allylic oxidation sites excluding steroid dienone is 6. The van der Waals surface area contributed by atoms with Crippen LogP contribution in [-0.4, -0.2) is 47.4 Å². The molecule has 1 amide bonds. The van der Waals surface area contributed by atoms with Crippen molar-refractivity contribution in [2.45, 2.75) is 334 Å². The molecule has 0 rings (SSSR count). The predicted octanol–water partition coefficient (Wildman–Crippen LogP) is 18.8. The number of aliphatic hydroxyl groups excluding tert-OH is 2. The van der Waals surface area contributed by atoms with E-state index in [9.17, 15) is 19.8 Å². The summed E-state index contributed by atoms with van der Waals surface area (Å²) in [4.78, 5) is 24.5. The Hall–Kier alpha value is -1.92. The van der Waals surface area contributed by atoms with Gasteiger partial charge in [0.1, 0.15) is 0 Å². The monoisotopic (exact) mass is 956 g/mol. The van der Waals surface area contributed by atoms with Gasteiger partial charge in [0.05, 0.1) is 25.4 Å². The largest absolute Gasteiger partial charge is 0.466 e. The van der Waals surface area contributed by atoms with E-state index in [1.165, 1.54) is 238 Å². The lowest BCUT2D eigenvalue weighted by Crippen LogP contribution is -2.45. The number of esters is 1. The first kappa shape index (κ1) is 66.1. The smallest absolute Gasteiger partial charge is 0.305 e. The van der Waals surface area contributed by atoms with E-state index in [-0.39, 0.29) is 18.5 Å². The van der Waals surface area contributed by atoms with Crippen LogP contribution in [0, 0.1) is 0 Å². The van der Waals surface area contributed by atoms with E-state index in [2.05, 4.69) is 55.6 Å². The van der Waals surface area contributed by atoms with Gasteiger partial charge in [0.2, 0.25) is 5.91 Å². The minimum atomic E-state index is -0.670. The van der Waals surface area contributed by atoms with Crippen molar-refractivity contribution in [1.29, 1.82) is 0 Å². The number of hydrogen-bond donors (Lipinski definition) is 3. The van der Waals surface area contributed by atoms with Gasteiger partial charge in [-0.05, 0) is 83.5 Å². The van der Waals surface area contributed by atoms with E-state index in [1.807, 2.05) is 0 Å². The maximum Gasteiger partial charge on any atom is 0.305 e. The zero-order valence-corrected chi connectivity index (χ0v) is 45.6. The molecule has 0 aromatic carbocycles. The Kier molecular flexibility index (Phi) is 56.0. The second kappa shape index (κ2) is 57.7. The third kappa shape index (κ3) is 53.4. The number of nitrogens with one attached hydrogen (secondary N) is 1. The van der Waals surface area contributed by atoms with Crippen molar-refractivity contribution in [2.75, 3.05) is 13.2 Å². The van der Waals surface area contributed by atoms with Gasteiger partial charge in [0.15, 0.2) is 0 Å². The van der Waals surface area contributed by atoms with Gasteiger partial charge in [-0.3, -0.25) is 9.59 Å². The minimum Gasteiger partial charge on any atom is -0.466 e. The Morgan fingerprint density at radius 2 is 0.735 bits per heavy atom. The number of carbonyl (C=O) groups is 2. The van der Waals surface area contributed by atoms with E-state index in [4.69, 9.17) is 4.74 Å². The van der Waals surface area contributed by atoms with Crippen LogP contribution in [0.3, 0.4) is 0 Å². The third-order valence-electron chi connectivity index (χ3n) is 13.9. The van der Waals surface area contributed by atoms with E-state index in [0.717, 1.165) is 51.4 Å². The van der Waals surface area contributed by atoms with Crippen LogP contribution >= 0.6 is 0 Å². The van der Waals surface area contributed by atoms with Crippen molar-refractivity contribution in [3.8, 4) is 0 Å². The van der Waals surface area contributed by atoms with Crippen LogP contribution in [0.2, 0.25) is 0 Å². The summed E-state index contributed by atoms with van der Waals surface area (Å²) in [6, 6.07) is -0.548. The molecule has 0 radical (unpaired) electrons. The molecular formula is C62H117NO5. The highest BCUT2D eigenvalue weighted by Gasteiger charge is 2.20. The van der Waals surface area contributed by atoms with Gasteiger partial charge in [0.25, 0.3) is 0 Å². The van der Waals surface area contributed by atoms with E-state index in [0.29, 0.717) is 25.9 Å². The van der Waals surface area contributed by atoms with E-state index >= 15 is 0 Å². The van der Waals surface area contributed by atoms with Crippen molar-refractivity contribution in [1.82, 2.24) is 5.32 Å². The molecule has 2 unspecified atom stereocenters. The number of unbranched alkanes of at least 4 members (excludes halogenated alkanes) is 39. The fraction of sp³-hybridized carbons (Fsp3) is 0.871. The van der Waals surface area contributed by atoms with E-state index < -0.39 is 12.1 Å². The molecule has 0 aliphatic rings. The summed E-state index contributed by atoms with van der Waals surface area (Å²) in [5.41, 5.74) is 0. The molecule has 0 saturated heterocycles. The second-order valence-corrected chi connectivity index (χ2v) is 20.7. The van der Waals surface area contributed by atoms with Crippen LogP contribution in [0.25, 0.3) is 0 Å². The van der Waals surface area contributed by atoms with Crippen LogP contribution in [0.5, 0.6) is 0 Å². The van der Waals surface area contributed by atoms with Gasteiger partial charge in [0, 0.05) is 12.8 Å². The first-order valence-electron chi connectivity index (χ1n) is 30.2. The molecule has 6 nitrogen and oxygen atoms in total. The Morgan fingerprint density at radius 1 is 0.412 bits per heavy atom. The van der Waals surface area contributed by atoms with Gasteiger partial charge in [-0.25, -0.2) is 0 Å². The lowest BCUT2D eigenvalue weighted by Gasteiger charge is -2.22. The van der Waals surface area contributed by atoms with Crippen molar-refractivity contribution < 1.29 is 24.5 Å². The van der Waals surface area contributed by atoms with Crippen molar-refractivity contribution in [2.24, 2.45) is 0 Å². The van der Waals surface area contributed by atoms with Crippen LogP contribution in [0.15, 0.2) is 36.5 Å². The molecule has 0 aliphatic heterocycles. The molecule has 6 heteroatoms. The first-order valence-corrected chi connectivity index (χ1v) is 30.2. The van der Waals surface area contributed by atoms with Crippen molar-refractivity contribution in [3.05, 3.63) is 36.5 Å². The maximum absolute atomic E-state index is 12.5. The topological polar surface area (TPSA) is 95.9 Å². The van der Waals surface area contributed by atoms with Crippen LogP contribution in [0.1, 0.15) is 322 Å². The molecule has 0 aromatic heterocycles. The lowest BCUT2D eigenvalue weighted by molar-refractivity contribution is -0.143. The summed E-state index contributed by atoms with van der Waals surface area (Å²) < 4.78 is 5.47. The Labute approximate surface area is 424 Å². The molecule has 3 N–H and O–H groups in total. The fourth-order valence-corrected chi connectivity index (χ4v) is 9.25. The molecule has 68 heavy (non-hydrogen) atoms. The lowest BCUT2D eigenvalue weighted by atomic mass is 10.0. The van der Waals surface area contributed by atoms with Crippen LogP contribution in [-0.2, 0) is 14.3 Å². The minimum absolute atomic E-state index is 0.00719. The molecular weight excluding hydrogens is 839 g/mol. The standard InChI is InChI=1S/C62H117NO5/c1-3-5-7-9-11-13-15-17-19-28-32-36-40-44-48-52-56-62(67)68-57-53-49-45-41-37-33-29-25-23-21-20-22-24-27-31-35-39-43-47-51-55-61(66)63-59(58-64)60(65)54-50-46-42-38-34-30-26-18-16-14-12-10-8-6-4-2/h13,15,19-20,22,28,59-60,64-65H,3-12,14,16-18,21,23-27,29-58H2,1-2H3,(H,63,66)/b15-13-,22-20-,28-19-. The molecule has 2 atom stereocenters. The Bertz CT molecular complexity index is 1100. The van der Waals surface area contributed by atoms with Gasteiger partial charge in [-0.15, -0.1) is 0 Å². The second-order valence-electron chi connectivity index (χ2n) is 20.7. The zero-order chi connectivity index (χ0) is 49.3. The fourth-order valence-electron chi connectivity index (χ4n) is 9.25. The van der Waals surface area contributed by atoms with E-state index in [1.54, 1.807) is 0 Å². The normalized spacial score (nSPS) is 12.8. The molecule has 400 valence electrons. The molecule has 0 aliphatic carbocycles. The van der Waals surface area contributed by atoms with Crippen molar-refractivity contribution >= 4 is 11.9 Å². The molecule has 0 aromatic rings. The Balaban J connectivity index is 3.44. The molecule has 0 saturated carbocycles. The number of rotatable bonds is 56. The molecule has 0 spiro atoms. The number of aliphatic hydroxyl groups is 2. The summed E-state index contributed by atoms with van der Waals surface area (Å²) in [5.74, 6) is -0.0501. The number of carbonyl (C=O) groups excluding carboxylic acids is 2. The predicted molar refractivity (Wildman–Crippen MR) is 296 cm³/mol. The number of ether oxygens (including phenoxy) is 1. The molecule has 0 fully saturated rings.